The number of benzene rings is 1. The van der Waals surface area contributed by atoms with Gasteiger partial charge in [-0.05, 0) is 24.1 Å². The lowest BCUT2D eigenvalue weighted by atomic mass is 10.1. The molecule has 0 saturated heterocycles. The lowest BCUT2D eigenvalue weighted by Gasteiger charge is -2.09. The van der Waals surface area contributed by atoms with Crippen molar-refractivity contribution in [2.75, 3.05) is 5.73 Å². The molecule has 2 rings (SSSR count). The van der Waals surface area contributed by atoms with Crippen LogP contribution in [0.3, 0.4) is 0 Å². The fourth-order valence-electron chi connectivity index (χ4n) is 1.84. The van der Waals surface area contributed by atoms with Crippen LogP contribution in [0.5, 0.6) is 0 Å². The Labute approximate surface area is 126 Å². The van der Waals surface area contributed by atoms with Crippen LogP contribution in [0.4, 0.5) is 10.2 Å². The smallest absolute Gasteiger partial charge is 0.143 e. The molecule has 2 N–H and O–H groups in total. The van der Waals surface area contributed by atoms with E-state index in [4.69, 9.17) is 11.0 Å². The Balaban J connectivity index is 2.36. The van der Waals surface area contributed by atoms with Gasteiger partial charge in [-0.15, -0.1) is 11.8 Å². The van der Waals surface area contributed by atoms with Crippen LogP contribution in [0.25, 0.3) is 0 Å². The first-order chi connectivity index (χ1) is 10.1. The Kier molecular flexibility index (Phi) is 4.42. The zero-order chi connectivity index (χ0) is 15.4. The van der Waals surface area contributed by atoms with Crippen molar-refractivity contribution >= 4 is 17.6 Å². The molecular formula is C15H11FN4S. The molecule has 0 atom stereocenters. The number of thioether (sulfide) groups is 1. The monoisotopic (exact) mass is 298 g/mol. The number of hydrogen-bond acceptors (Lipinski definition) is 5. The van der Waals surface area contributed by atoms with Crippen LogP contribution in [0.15, 0.2) is 29.3 Å². The van der Waals surface area contributed by atoms with Crippen molar-refractivity contribution in [1.29, 1.82) is 10.5 Å². The van der Waals surface area contributed by atoms with Gasteiger partial charge in [-0.1, -0.05) is 18.2 Å². The van der Waals surface area contributed by atoms with Crippen LogP contribution in [0.1, 0.15) is 22.3 Å². The number of halogens is 1. The third-order valence-corrected chi connectivity index (χ3v) is 4.01. The van der Waals surface area contributed by atoms with Gasteiger partial charge in [0.15, 0.2) is 0 Å². The SMILES string of the molecule is Cc1c(C#N)c(N)nc(SCc2ccccc2F)c1C#N. The number of nitriles is 2. The maximum Gasteiger partial charge on any atom is 0.143 e. The molecule has 1 aromatic carbocycles. The van der Waals surface area contributed by atoms with Crippen molar-refractivity contribution in [3.8, 4) is 12.1 Å². The highest BCUT2D eigenvalue weighted by Crippen LogP contribution is 2.30. The van der Waals surface area contributed by atoms with Crippen LogP contribution in [-0.4, -0.2) is 4.98 Å². The highest BCUT2D eigenvalue weighted by Gasteiger charge is 2.16. The van der Waals surface area contributed by atoms with E-state index in [1.165, 1.54) is 17.8 Å². The number of nitrogens with zero attached hydrogens (tertiary/aromatic N) is 3. The molecule has 1 heterocycles. The van der Waals surface area contributed by atoms with E-state index in [1.54, 1.807) is 25.1 Å². The molecule has 104 valence electrons. The van der Waals surface area contributed by atoms with Crippen molar-refractivity contribution in [3.63, 3.8) is 0 Å². The van der Waals surface area contributed by atoms with E-state index in [2.05, 4.69) is 4.98 Å². The molecule has 6 heteroatoms. The number of hydrogen-bond donors (Lipinski definition) is 1. The molecule has 0 unspecified atom stereocenters. The number of rotatable bonds is 3. The standard InChI is InChI=1S/C15H11FN4S/c1-9-11(6-17)14(19)20-15(12(9)7-18)21-8-10-4-2-3-5-13(10)16/h2-5H,8H2,1H3,(H2,19,20). The predicted molar refractivity (Wildman–Crippen MR) is 78.8 cm³/mol. The minimum atomic E-state index is -0.304. The van der Waals surface area contributed by atoms with E-state index in [0.717, 1.165) is 0 Å². The fourth-order valence-corrected chi connectivity index (χ4v) is 2.87. The molecule has 21 heavy (non-hydrogen) atoms. The van der Waals surface area contributed by atoms with Gasteiger partial charge in [0.2, 0.25) is 0 Å². The quantitative estimate of drug-likeness (QED) is 0.880. The summed E-state index contributed by atoms with van der Waals surface area (Å²) in [5.41, 5.74) is 7.27. The summed E-state index contributed by atoms with van der Waals surface area (Å²) >= 11 is 1.22. The molecule has 0 fully saturated rings. The number of nitrogens with two attached hydrogens (primary N) is 1. The van der Waals surface area contributed by atoms with Gasteiger partial charge < -0.3 is 5.73 Å². The molecule has 0 amide bonds. The molecule has 1 aromatic heterocycles. The van der Waals surface area contributed by atoms with Gasteiger partial charge in [-0.2, -0.15) is 10.5 Å². The highest BCUT2D eigenvalue weighted by molar-refractivity contribution is 7.98. The van der Waals surface area contributed by atoms with E-state index in [-0.39, 0.29) is 17.2 Å². The first-order valence-electron chi connectivity index (χ1n) is 6.05. The van der Waals surface area contributed by atoms with Crippen LogP contribution in [0.2, 0.25) is 0 Å². The number of anilines is 1. The second-order valence-electron chi connectivity index (χ2n) is 4.28. The van der Waals surface area contributed by atoms with E-state index in [0.29, 0.717) is 27.5 Å². The van der Waals surface area contributed by atoms with E-state index < -0.39 is 0 Å². The van der Waals surface area contributed by atoms with Crippen molar-refractivity contribution in [2.24, 2.45) is 0 Å². The Hall–Kier alpha value is -2.57. The zero-order valence-electron chi connectivity index (χ0n) is 11.2. The average molecular weight is 298 g/mol. The maximum absolute atomic E-state index is 13.6. The topological polar surface area (TPSA) is 86.5 Å². The summed E-state index contributed by atoms with van der Waals surface area (Å²) in [5.74, 6) is 0.117. The molecule has 2 aromatic rings. The van der Waals surface area contributed by atoms with Gasteiger partial charge in [0, 0.05) is 5.75 Å². The highest BCUT2D eigenvalue weighted by atomic mass is 32.2. The van der Waals surface area contributed by atoms with E-state index >= 15 is 0 Å². The Morgan fingerprint density at radius 3 is 2.52 bits per heavy atom. The van der Waals surface area contributed by atoms with Crippen molar-refractivity contribution < 1.29 is 4.39 Å². The third-order valence-electron chi connectivity index (χ3n) is 2.99. The van der Waals surface area contributed by atoms with Gasteiger partial charge in [-0.25, -0.2) is 9.37 Å². The zero-order valence-corrected chi connectivity index (χ0v) is 12.0. The van der Waals surface area contributed by atoms with Gasteiger partial charge in [0.1, 0.15) is 28.8 Å². The van der Waals surface area contributed by atoms with E-state index in [1.807, 2.05) is 12.1 Å². The Morgan fingerprint density at radius 1 is 1.24 bits per heavy atom. The average Bonchev–Trinajstić information content (AvgIpc) is 2.46. The second-order valence-corrected chi connectivity index (χ2v) is 5.24. The van der Waals surface area contributed by atoms with Crippen molar-refractivity contribution in [1.82, 2.24) is 4.98 Å². The van der Waals surface area contributed by atoms with Gasteiger partial charge in [0.05, 0.1) is 11.1 Å². The summed E-state index contributed by atoms with van der Waals surface area (Å²) in [5, 5.41) is 18.7. The van der Waals surface area contributed by atoms with Crippen LogP contribution >= 0.6 is 11.8 Å². The second kappa shape index (κ2) is 6.25. The normalized spacial score (nSPS) is 9.90. The van der Waals surface area contributed by atoms with Gasteiger partial charge in [0.25, 0.3) is 0 Å². The summed E-state index contributed by atoms with van der Waals surface area (Å²) in [6.45, 7) is 1.66. The minimum Gasteiger partial charge on any atom is -0.383 e. The van der Waals surface area contributed by atoms with Crippen LogP contribution < -0.4 is 5.73 Å². The van der Waals surface area contributed by atoms with Crippen LogP contribution in [-0.2, 0) is 5.75 Å². The van der Waals surface area contributed by atoms with Crippen molar-refractivity contribution in [2.45, 2.75) is 17.7 Å². The Bertz CT molecular complexity index is 774. The summed E-state index contributed by atoms with van der Waals surface area (Å²) in [4.78, 5) is 4.09. The lowest BCUT2D eigenvalue weighted by Crippen LogP contribution is -2.03. The minimum absolute atomic E-state index is 0.0880. The first kappa shape index (κ1) is 14.8. The largest absolute Gasteiger partial charge is 0.383 e. The van der Waals surface area contributed by atoms with Gasteiger partial charge in [-0.3, -0.25) is 0 Å². The molecule has 0 saturated carbocycles. The van der Waals surface area contributed by atoms with Crippen molar-refractivity contribution in [3.05, 3.63) is 52.3 Å². The molecule has 0 aliphatic rings. The number of nitrogen functional groups attached to an aromatic ring is 1. The van der Waals surface area contributed by atoms with Gasteiger partial charge >= 0.3 is 0 Å². The molecule has 0 aliphatic heterocycles. The van der Waals surface area contributed by atoms with Crippen LogP contribution in [0, 0.1) is 35.4 Å². The first-order valence-corrected chi connectivity index (χ1v) is 7.03. The summed E-state index contributed by atoms with van der Waals surface area (Å²) in [7, 11) is 0. The number of aromatic nitrogens is 1. The molecule has 0 spiro atoms. The van der Waals surface area contributed by atoms with E-state index in [9.17, 15) is 9.65 Å². The summed E-state index contributed by atoms with van der Waals surface area (Å²) < 4.78 is 13.6. The summed E-state index contributed by atoms with van der Waals surface area (Å²) in [6, 6.07) is 10.4. The number of pyridine rings is 1. The molecule has 4 nitrogen and oxygen atoms in total. The third kappa shape index (κ3) is 2.96. The molecule has 0 radical (unpaired) electrons. The fraction of sp³-hybridized carbons (Fsp3) is 0.133. The molecule has 0 bridgehead atoms. The summed E-state index contributed by atoms with van der Waals surface area (Å²) in [6.07, 6.45) is 0. The Morgan fingerprint density at radius 2 is 1.90 bits per heavy atom. The lowest BCUT2D eigenvalue weighted by molar-refractivity contribution is 0.617. The maximum atomic E-state index is 13.6. The molecule has 0 aliphatic carbocycles. The molecular weight excluding hydrogens is 287 g/mol. The predicted octanol–water partition coefficient (Wildman–Crippen LogP) is 3.15.